The van der Waals surface area contributed by atoms with Gasteiger partial charge in [0.25, 0.3) is 0 Å². The molecule has 5 nitrogen and oxygen atoms in total. The number of benzene rings is 1. The lowest BCUT2D eigenvalue weighted by atomic mass is 10.0. The number of aliphatic hydroxyl groups is 1. The van der Waals surface area contributed by atoms with E-state index in [1.165, 1.54) is 9.87 Å². The first-order valence-corrected chi connectivity index (χ1v) is 8.43. The van der Waals surface area contributed by atoms with Crippen molar-refractivity contribution in [3.63, 3.8) is 0 Å². The van der Waals surface area contributed by atoms with Crippen LogP contribution >= 0.6 is 0 Å². The van der Waals surface area contributed by atoms with Gasteiger partial charge in [0.2, 0.25) is 10.0 Å². The number of hydrogen-bond acceptors (Lipinski definition) is 4. The van der Waals surface area contributed by atoms with E-state index in [4.69, 9.17) is 0 Å². The van der Waals surface area contributed by atoms with E-state index < -0.39 is 16.1 Å². The highest BCUT2D eigenvalue weighted by molar-refractivity contribution is 7.89. The van der Waals surface area contributed by atoms with Crippen LogP contribution in [0.5, 0.6) is 0 Å². The zero-order valence-electron chi connectivity index (χ0n) is 11.5. The number of nitrogens with zero attached hydrogens (tertiary/aromatic N) is 1. The summed E-state index contributed by atoms with van der Waals surface area (Å²) in [7, 11) is -3.43. The molecule has 0 amide bonds. The molecule has 0 spiro atoms. The summed E-state index contributed by atoms with van der Waals surface area (Å²) in [5.74, 6) is 0.0425. The van der Waals surface area contributed by atoms with Crippen LogP contribution < -0.4 is 5.32 Å². The lowest BCUT2D eigenvalue weighted by molar-refractivity contribution is 0.133. The van der Waals surface area contributed by atoms with Gasteiger partial charge in [-0.05, 0) is 42.5 Å². The second kappa shape index (κ2) is 5.11. The highest BCUT2D eigenvalue weighted by atomic mass is 32.2. The van der Waals surface area contributed by atoms with Gasteiger partial charge in [-0.1, -0.05) is 6.07 Å². The van der Waals surface area contributed by atoms with Gasteiger partial charge in [0, 0.05) is 26.2 Å². The fourth-order valence-electron chi connectivity index (χ4n) is 2.95. The Kier molecular flexibility index (Phi) is 3.58. The first-order valence-electron chi connectivity index (χ1n) is 6.99. The van der Waals surface area contributed by atoms with E-state index in [2.05, 4.69) is 5.32 Å². The van der Waals surface area contributed by atoms with Crippen LogP contribution in [0.2, 0.25) is 0 Å². The smallest absolute Gasteiger partial charge is 0.243 e. The minimum absolute atomic E-state index is 0.0425. The Hall–Kier alpha value is -0.950. The van der Waals surface area contributed by atoms with Gasteiger partial charge < -0.3 is 10.4 Å². The summed E-state index contributed by atoms with van der Waals surface area (Å²) >= 11 is 0. The maximum atomic E-state index is 12.6. The van der Waals surface area contributed by atoms with E-state index in [1.807, 2.05) is 6.07 Å². The van der Waals surface area contributed by atoms with Crippen molar-refractivity contribution < 1.29 is 13.5 Å². The van der Waals surface area contributed by atoms with Crippen molar-refractivity contribution in [1.82, 2.24) is 9.62 Å². The summed E-state index contributed by atoms with van der Waals surface area (Å²) < 4.78 is 26.7. The molecule has 0 aromatic heterocycles. The van der Waals surface area contributed by atoms with Gasteiger partial charge in [-0.3, -0.25) is 0 Å². The molecule has 0 bridgehead atoms. The molecule has 1 fully saturated rings. The summed E-state index contributed by atoms with van der Waals surface area (Å²) in [5.41, 5.74) is 2.24. The van der Waals surface area contributed by atoms with E-state index in [9.17, 15) is 13.5 Å². The quantitative estimate of drug-likeness (QED) is 0.860. The van der Waals surface area contributed by atoms with E-state index in [1.54, 1.807) is 19.1 Å². The van der Waals surface area contributed by atoms with Gasteiger partial charge >= 0.3 is 0 Å². The monoisotopic (exact) mass is 296 g/mol. The first kappa shape index (κ1) is 14.0. The van der Waals surface area contributed by atoms with Crippen molar-refractivity contribution >= 4 is 10.0 Å². The second-order valence-corrected chi connectivity index (χ2v) is 7.62. The highest BCUT2D eigenvalue weighted by Gasteiger charge is 2.34. The molecular formula is C14H20N2O3S. The van der Waals surface area contributed by atoms with Gasteiger partial charge in [0.1, 0.15) is 0 Å². The largest absolute Gasteiger partial charge is 0.393 e. The van der Waals surface area contributed by atoms with E-state index in [0.29, 0.717) is 18.0 Å². The lowest BCUT2D eigenvalue weighted by Crippen LogP contribution is -2.30. The van der Waals surface area contributed by atoms with Crippen LogP contribution in [0.3, 0.4) is 0 Å². The van der Waals surface area contributed by atoms with Crippen molar-refractivity contribution in [2.24, 2.45) is 5.92 Å². The Morgan fingerprint density at radius 1 is 1.35 bits per heavy atom. The summed E-state index contributed by atoms with van der Waals surface area (Å²) in [5, 5.41) is 12.8. The zero-order chi connectivity index (χ0) is 14.3. The minimum atomic E-state index is -3.43. The topological polar surface area (TPSA) is 69.6 Å². The number of rotatable bonds is 3. The summed E-state index contributed by atoms with van der Waals surface area (Å²) in [6, 6.07) is 5.36. The van der Waals surface area contributed by atoms with Gasteiger partial charge in [0.05, 0.1) is 11.0 Å². The van der Waals surface area contributed by atoms with Crippen molar-refractivity contribution in [3.05, 3.63) is 29.3 Å². The van der Waals surface area contributed by atoms with E-state index in [-0.39, 0.29) is 5.92 Å². The number of sulfonamides is 1. The fraction of sp³-hybridized carbons (Fsp3) is 0.571. The maximum absolute atomic E-state index is 12.6. The minimum Gasteiger partial charge on any atom is -0.393 e. The lowest BCUT2D eigenvalue weighted by Gasteiger charge is -2.18. The molecule has 110 valence electrons. The predicted molar refractivity (Wildman–Crippen MR) is 75.5 cm³/mol. The molecule has 1 saturated heterocycles. The number of hydrogen-bond donors (Lipinski definition) is 2. The maximum Gasteiger partial charge on any atom is 0.243 e. The molecule has 2 heterocycles. The van der Waals surface area contributed by atoms with E-state index >= 15 is 0 Å². The molecule has 20 heavy (non-hydrogen) atoms. The van der Waals surface area contributed by atoms with Gasteiger partial charge in [-0.2, -0.15) is 4.31 Å². The third-order valence-electron chi connectivity index (χ3n) is 4.32. The van der Waals surface area contributed by atoms with Crippen LogP contribution in [0.25, 0.3) is 0 Å². The van der Waals surface area contributed by atoms with Crippen LogP contribution in [0.4, 0.5) is 0 Å². The Bertz CT molecular complexity index is 613. The van der Waals surface area contributed by atoms with Crippen molar-refractivity contribution in [3.8, 4) is 0 Å². The van der Waals surface area contributed by atoms with Crippen molar-refractivity contribution in [2.45, 2.75) is 37.4 Å². The van der Waals surface area contributed by atoms with Crippen molar-refractivity contribution in [2.75, 3.05) is 13.1 Å². The average molecular weight is 296 g/mol. The molecule has 6 heteroatoms. The molecule has 3 rings (SSSR count). The first-order chi connectivity index (χ1) is 9.48. The molecule has 2 aliphatic rings. The molecule has 0 radical (unpaired) electrons. The molecular weight excluding hydrogens is 276 g/mol. The van der Waals surface area contributed by atoms with Crippen LogP contribution in [0.1, 0.15) is 24.5 Å². The normalized spacial score (nSPS) is 24.8. The summed E-state index contributed by atoms with van der Waals surface area (Å²) in [6.07, 6.45) is 0.267. The molecule has 0 aliphatic carbocycles. The Labute approximate surface area is 119 Å². The predicted octanol–water partition coefficient (Wildman–Crippen LogP) is 0.681. The van der Waals surface area contributed by atoms with Crippen LogP contribution in [0.15, 0.2) is 23.1 Å². The zero-order valence-corrected chi connectivity index (χ0v) is 12.4. The molecule has 2 unspecified atom stereocenters. The Morgan fingerprint density at radius 3 is 2.80 bits per heavy atom. The fourth-order valence-corrected chi connectivity index (χ4v) is 4.51. The number of aliphatic hydroxyl groups excluding tert-OH is 1. The summed E-state index contributed by atoms with van der Waals surface area (Å²) in [4.78, 5) is 0.367. The molecule has 1 aromatic rings. The van der Waals surface area contributed by atoms with Gasteiger partial charge in [0.15, 0.2) is 0 Å². The average Bonchev–Trinajstić information content (AvgIpc) is 3.07. The van der Waals surface area contributed by atoms with E-state index in [0.717, 1.165) is 25.1 Å². The van der Waals surface area contributed by atoms with Gasteiger partial charge in [-0.25, -0.2) is 8.42 Å². The standard InChI is InChI=1S/C14H20N2O3S/c1-10(17)12-4-5-16(9-12)20(18,19)14-3-2-11-7-15-8-13(11)6-14/h2-3,6,10,12,15,17H,4-5,7-9H2,1H3. The molecule has 1 aromatic carbocycles. The Morgan fingerprint density at radius 2 is 2.10 bits per heavy atom. The molecule has 0 saturated carbocycles. The van der Waals surface area contributed by atoms with Crippen LogP contribution in [-0.2, 0) is 23.1 Å². The molecule has 2 N–H and O–H groups in total. The second-order valence-electron chi connectivity index (χ2n) is 5.69. The van der Waals surface area contributed by atoms with Crippen molar-refractivity contribution in [1.29, 1.82) is 0 Å². The summed E-state index contributed by atoms with van der Waals surface area (Å²) in [6.45, 7) is 4.17. The third-order valence-corrected chi connectivity index (χ3v) is 6.18. The third kappa shape index (κ3) is 2.37. The number of nitrogens with one attached hydrogen (secondary N) is 1. The SMILES string of the molecule is CC(O)C1CCN(S(=O)(=O)c2ccc3c(c2)CNC3)C1. The highest BCUT2D eigenvalue weighted by Crippen LogP contribution is 2.28. The Balaban J connectivity index is 1.86. The van der Waals surface area contributed by atoms with Crippen LogP contribution in [-0.4, -0.2) is 37.0 Å². The molecule has 2 aliphatic heterocycles. The molecule has 2 atom stereocenters. The van der Waals surface area contributed by atoms with Crippen LogP contribution in [0, 0.1) is 5.92 Å². The van der Waals surface area contributed by atoms with Gasteiger partial charge in [-0.15, -0.1) is 0 Å². The number of fused-ring (bicyclic) bond motifs is 1.